The summed E-state index contributed by atoms with van der Waals surface area (Å²) in [4.78, 5) is 33.9. The number of aromatic nitrogens is 1. The number of methoxy groups -OCH3 is 1. The van der Waals surface area contributed by atoms with Crippen LogP contribution in [0.3, 0.4) is 0 Å². The predicted molar refractivity (Wildman–Crippen MR) is 121 cm³/mol. The lowest BCUT2D eigenvalue weighted by Gasteiger charge is -2.36. The third-order valence-electron chi connectivity index (χ3n) is 7.03. The number of hydrogen-bond acceptors (Lipinski definition) is 7. The minimum atomic E-state index is -0.435. The van der Waals surface area contributed by atoms with Crippen molar-refractivity contribution in [3.05, 3.63) is 30.0 Å². The molecule has 3 atom stereocenters. The average molecular weight is 455 g/mol. The van der Waals surface area contributed by atoms with Gasteiger partial charge in [0.2, 0.25) is 11.8 Å². The highest BCUT2D eigenvalue weighted by atomic mass is 16.5. The predicted octanol–water partition coefficient (Wildman–Crippen LogP) is 0.972. The normalized spacial score (nSPS) is 25.5. The molecule has 0 radical (unpaired) electrons. The number of pyridine rings is 1. The Morgan fingerprint density at radius 2 is 2.00 bits per heavy atom. The summed E-state index contributed by atoms with van der Waals surface area (Å²) in [6.45, 7) is 3.35. The first-order valence-electron chi connectivity index (χ1n) is 11.5. The molecule has 0 aliphatic carbocycles. The van der Waals surface area contributed by atoms with E-state index < -0.39 is 6.04 Å². The Hall–Kier alpha value is -2.91. The summed E-state index contributed by atoms with van der Waals surface area (Å²) in [7, 11) is 1.65. The molecule has 5 rings (SSSR count). The van der Waals surface area contributed by atoms with Crippen LogP contribution in [0.4, 0.5) is 0 Å². The van der Waals surface area contributed by atoms with Crippen molar-refractivity contribution < 1.29 is 23.8 Å². The molecule has 176 valence electrons. The molecule has 9 nitrogen and oxygen atoms in total. The van der Waals surface area contributed by atoms with Crippen molar-refractivity contribution in [3.8, 4) is 11.5 Å². The number of ether oxygens (including phenoxy) is 3. The fourth-order valence-corrected chi connectivity index (χ4v) is 5.33. The van der Waals surface area contributed by atoms with Gasteiger partial charge < -0.3 is 24.8 Å². The molecule has 4 heterocycles. The van der Waals surface area contributed by atoms with Crippen LogP contribution in [0.1, 0.15) is 18.4 Å². The monoisotopic (exact) mass is 454 g/mol. The fraction of sp³-hybridized carbons (Fsp3) is 0.542. The van der Waals surface area contributed by atoms with E-state index in [1.807, 2.05) is 28.0 Å². The van der Waals surface area contributed by atoms with E-state index in [-0.39, 0.29) is 23.8 Å². The first kappa shape index (κ1) is 21.9. The largest absolute Gasteiger partial charge is 0.497 e. The van der Waals surface area contributed by atoms with Crippen molar-refractivity contribution in [2.24, 2.45) is 11.7 Å². The Morgan fingerprint density at radius 3 is 2.76 bits per heavy atom. The van der Waals surface area contributed by atoms with Crippen molar-refractivity contribution in [2.75, 3.05) is 46.6 Å². The van der Waals surface area contributed by atoms with Gasteiger partial charge in [0.15, 0.2) is 0 Å². The van der Waals surface area contributed by atoms with E-state index in [4.69, 9.17) is 19.9 Å². The number of hydrogen-bond donors (Lipinski definition) is 1. The molecular formula is C24H30N4O5. The summed E-state index contributed by atoms with van der Waals surface area (Å²) in [6, 6.07) is 5.05. The second-order valence-electron chi connectivity index (χ2n) is 9.01. The van der Waals surface area contributed by atoms with Gasteiger partial charge >= 0.3 is 0 Å². The minimum absolute atomic E-state index is 0.0681. The molecule has 1 aromatic carbocycles. The zero-order chi connectivity index (χ0) is 22.9. The Labute approximate surface area is 192 Å². The van der Waals surface area contributed by atoms with E-state index in [2.05, 4.69) is 4.98 Å². The zero-order valence-corrected chi connectivity index (χ0v) is 18.9. The first-order valence-corrected chi connectivity index (χ1v) is 11.5. The van der Waals surface area contributed by atoms with Crippen LogP contribution in [0.2, 0.25) is 0 Å². The van der Waals surface area contributed by atoms with Gasteiger partial charge in [-0.2, -0.15) is 0 Å². The number of amides is 2. The molecule has 9 heteroatoms. The van der Waals surface area contributed by atoms with Gasteiger partial charge in [-0.1, -0.05) is 0 Å². The van der Waals surface area contributed by atoms with Gasteiger partial charge in [-0.3, -0.25) is 19.5 Å². The van der Waals surface area contributed by atoms with Crippen LogP contribution >= 0.6 is 0 Å². The average Bonchev–Trinajstić information content (AvgIpc) is 3.27. The van der Waals surface area contributed by atoms with Crippen molar-refractivity contribution in [1.29, 1.82) is 0 Å². The molecule has 1 aromatic heterocycles. The van der Waals surface area contributed by atoms with Gasteiger partial charge in [-0.15, -0.1) is 0 Å². The maximum absolute atomic E-state index is 13.3. The molecule has 2 fully saturated rings. The third-order valence-corrected chi connectivity index (χ3v) is 7.03. The Morgan fingerprint density at radius 1 is 1.21 bits per heavy atom. The number of likely N-dealkylation sites (tertiary alicyclic amines) is 1. The lowest BCUT2D eigenvalue weighted by molar-refractivity contribution is -0.141. The van der Waals surface area contributed by atoms with E-state index in [1.165, 1.54) is 0 Å². The molecule has 2 saturated heterocycles. The molecule has 3 aliphatic rings. The zero-order valence-electron chi connectivity index (χ0n) is 18.9. The summed E-state index contributed by atoms with van der Waals surface area (Å²) < 4.78 is 16.9. The highest BCUT2D eigenvalue weighted by Gasteiger charge is 2.43. The van der Waals surface area contributed by atoms with Crippen LogP contribution < -0.4 is 15.2 Å². The van der Waals surface area contributed by atoms with Gasteiger partial charge in [0.1, 0.15) is 11.5 Å². The highest BCUT2D eigenvalue weighted by Crippen LogP contribution is 2.36. The number of carbonyl (C=O) groups is 2. The van der Waals surface area contributed by atoms with E-state index in [9.17, 15) is 9.59 Å². The fourth-order valence-electron chi connectivity index (χ4n) is 5.33. The van der Waals surface area contributed by atoms with E-state index >= 15 is 0 Å². The maximum Gasteiger partial charge on any atom is 0.240 e. The number of fused-ring (bicyclic) bond motifs is 3. The molecular weight excluding hydrogens is 424 g/mol. The summed E-state index contributed by atoms with van der Waals surface area (Å²) in [5.74, 6) is 1.36. The van der Waals surface area contributed by atoms with Crippen LogP contribution in [-0.4, -0.2) is 85.2 Å². The highest BCUT2D eigenvalue weighted by molar-refractivity contribution is 5.87. The molecule has 3 aliphatic heterocycles. The maximum atomic E-state index is 13.3. The quantitative estimate of drug-likeness (QED) is 0.717. The van der Waals surface area contributed by atoms with Gasteiger partial charge in [-0.25, -0.2) is 0 Å². The van der Waals surface area contributed by atoms with Crippen molar-refractivity contribution in [3.63, 3.8) is 0 Å². The summed E-state index contributed by atoms with van der Waals surface area (Å²) in [6.07, 6.45) is 3.78. The second kappa shape index (κ2) is 9.15. The number of benzene rings is 1. The smallest absolute Gasteiger partial charge is 0.240 e. The molecule has 2 aromatic rings. The summed E-state index contributed by atoms with van der Waals surface area (Å²) >= 11 is 0. The van der Waals surface area contributed by atoms with Crippen molar-refractivity contribution in [2.45, 2.75) is 31.3 Å². The number of nitrogens with zero attached hydrogens (tertiary/aromatic N) is 3. The molecule has 0 spiro atoms. The second-order valence-corrected chi connectivity index (χ2v) is 9.01. The number of primary amides is 1. The van der Waals surface area contributed by atoms with Crippen LogP contribution in [0.25, 0.3) is 10.9 Å². The summed E-state index contributed by atoms with van der Waals surface area (Å²) in [5, 5.41) is 1.00. The van der Waals surface area contributed by atoms with Gasteiger partial charge in [0, 0.05) is 36.5 Å². The lowest BCUT2D eigenvalue weighted by Crippen LogP contribution is -2.54. The van der Waals surface area contributed by atoms with Crippen LogP contribution in [0.5, 0.6) is 11.5 Å². The van der Waals surface area contributed by atoms with Gasteiger partial charge in [0.25, 0.3) is 0 Å². The van der Waals surface area contributed by atoms with E-state index in [1.54, 1.807) is 13.3 Å². The Balaban J connectivity index is 1.38. The number of nitrogens with two attached hydrogens (primary N) is 1. The lowest BCUT2D eigenvalue weighted by atomic mass is 9.93. The van der Waals surface area contributed by atoms with E-state index in [0.29, 0.717) is 52.3 Å². The number of rotatable bonds is 5. The van der Waals surface area contributed by atoms with Gasteiger partial charge in [0.05, 0.1) is 50.7 Å². The topological polar surface area (TPSA) is 107 Å². The standard InChI is InChI=1S/C24H30N4O5/c1-31-16-2-3-19-17(11-16)18-10-15(14-33-22(18)12-26-19)13-28-20(23(25)29)4-5-21(28)24(30)27-6-8-32-9-7-27/h2-3,11-12,15,20-21H,4-10,13-14H2,1H3,(H2,25,29). The Kier molecular flexibility index (Phi) is 6.07. The molecule has 2 N–H and O–H groups in total. The number of morpholine rings is 1. The summed E-state index contributed by atoms with van der Waals surface area (Å²) in [5.41, 5.74) is 7.71. The van der Waals surface area contributed by atoms with Crippen LogP contribution in [0, 0.1) is 5.92 Å². The van der Waals surface area contributed by atoms with Gasteiger partial charge in [-0.05, 0) is 37.5 Å². The molecule has 2 amide bonds. The molecule has 0 saturated carbocycles. The van der Waals surface area contributed by atoms with Crippen LogP contribution in [0.15, 0.2) is 24.4 Å². The van der Waals surface area contributed by atoms with Crippen molar-refractivity contribution in [1.82, 2.24) is 14.8 Å². The van der Waals surface area contributed by atoms with E-state index in [0.717, 1.165) is 34.4 Å². The SMILES string of the molecule is COc1ccc2ncc3c(c2c1)CC(CN1C(C(N)=O)CCC1C(=O)N1CCOCC1)CO3. The van der Waals surface area contributed by atoms with Crippen molar-refractivity contribution >= 4 is 22.7 Å². The molecule has 33 heavy (non-hydrogen) atoms. The molecule has 3 unspecified atom stereocenters. The third kappa shape index (κ3) is 4.22. The minimum Gasteiger partial charge on any atom is -0.497 e. The van der Waals surface area contributed by atoms with Crippen LogP contribution in [-0.2, 0) is 20.7 Å². The number of carbonyl (C=O) groups excluding carboxylic acids is 2. The Bertz CT molecular complexity index is 1050. The molecule has 0 bridgehead atoms. The first-order chi connectivity index (χ1) is 16.0.